The summed E-state index contributed by atoms with van der Waals surface area (Å²) in [6.07, 6.45) is -1.04. The molecule has 0 saturated carbocycles. The summed E-state index contributed by atoms with van der Waals surface area (Å²) in [5.41, 5.74) is 4.26. The number of carbonyl (C=O) groups excluding carboxylic acids is 4. The van der Waals surface area contributed by atoms with Gasteiger partial charge in [-0.3, -0.25) is 19.0 Å². The normalized spacial score (nSPS) is 15.5. The highest BCUT2D eigenvalue weighted by Crippen LogP contribution is 2.42. The average Bonchev–Trinajstić information content (AvgIpc) is 3.99. The Balaban J connectivity index is 0.791. The van der Waals surface area contributed by atoms with Crippen molar-refractivity contribution >= 4 is 34.8 Å². The molecule has 380 valence electrons. The predicted octanol–water partition coefficient (Wildman–Crippen LogP) is 8.35. The van der Waals surface area contributed by atoms with Gasteiger partial charge >= 0.3 is 12.1 Å². The zero-order chi connectivity index (χ0) is 52.2. The molecule has 7 aromatic rings. The van der Waals surface area contributed by atoms with Gasteiger partial charge in [-0.1, -0.05) is 27.7 Å². The molecule has 1 unspecified atom stereocenters. The molecular weight excluding hydrogens is 951 g/mol. The highest BCUT2D eigenvalue weighted by Gasteiger charge is 2.42. The smallest absolute Gasteiger partial charge is 0.508 e. The zero-order valence-electron chi connectivity index (χ0n) is 41.3. The van der Waals surface area contributed by atoms with Crippen LogP contribution in [0.3, 0.4) is 0 Å². The molecule has 1 saturated heterocycles. The molecule has 2 amide bonds. The summed E-state index contributed by atoms with van der Waals surface area (Å²) in [5, 5.41) is 43.5. The van der Waals surface area contributed by atoms with E-state index in [2.05, 4.69) is 15.5 Å². The minimum atomic E-state index is -1.56. The lowest BCUT2D eigenvalue weighted by molar-refractivity contribution is -0.161. The molecule has 0 aliphatic carbocycles. The Bertz CT molecular complexity index is 3470. The van der Waals surface area contributed by atoms with Crippen LogP contribution in [0.4, 0.5) is 4.79 Å². The third kappa shape index (κ3) is 8.77. The molecular formula is C55H53N7O12. The molecule has 1 fully saturated rings. The highest BCUT2D eigenvalue weighted by atomic mass is 16.7. The van der Waals surface area contributed by atoms with Crippen molar-refractivity contribution < 1.29 is 53.4 Å². The van der Waals surface area contributed by atoms with Gasteiger partial charge in [0.05, 0.1) is 34.6 Å². The maximum Gasteiger partial charge on any atom is 0.510 e. The SMILES string of the molecule is CCNC(=O)c1nnc(-c2cc(C(C)C)c(O)cc2O)n1-c1ccc(Oc2ccc(C(=O)N3CCC(CC)(OC(=O)OC4C(=O)OCc5c4cc4n(c5=O)Cc5c-4nc4ccc(O)cc4c5CC)CC3)cc2)cc1. The molecule has 19 heteroatoms. The number of nitrogens with one attached hydrogen (secondary N) is 1. The Morgan fingerprint density at radius 1 is 0.865 bits per heavy atom. The lowest BCUT2D eigenvalue weighted by Crippen LogP contribution is -2.49. The topological polar surface area (TPSA) is 247 Å². The van der Waals surface area contributed by atoms with Gasteiger partial charge in [-0.2, -0.15) is 0 Å². The van der Waals surface area contributed by atoms with Crippen LogP contribution in [0.1, 0.15) is 115 Å². The minimum Gasteiger partial charge on any atom is -0.508 e. The molecule has 10 rings (SSSR count). The van der Waals surface area contributed by atoms with Crippen molar-refractivity contribution in [2.75, 3.05) is 19.6 Å². The van der Waals surface area contributed by atoms with E-state index in [0.29, 0.717) is 77.4 Å². The second-order valence-electron chi connectivity index (χ2n) is 18.9. The molecule has 4 N–H and O–H groups in total. The van der Waals surface area contributed by atoms with Gasteiger partial charge in [0.1, 0.15) is 41.0 Å². The van der Waals surface area contributed by atoms with E-state index in [1.165, 1.54) is 10.6 Å². The predicted molar refractivity (Wildman–Crippen MR) is 269 cm³/mol. The number of piperidine rings is 1. The van der Waals surface area contributed by atoms with Crippen molar-refractivity contribution in [3.05, 3.63) is 134 Å². The number of phenolic OH excluding ortho intramolecular Hbond substituents is 3. The number of pyridine rings is 2. The monoisotopic (exact) mass is 1000 g/mol. The van der Waals surface area contributed by atoms with Gasteiger partial charge in [0, 0.05) is 66.3 Å². The van der Waals surface area contributed by atoms with Gasteiger partial charge in [0.15, 0.2) is 5.82 Å². The number of aromatic nitrogens is 5. The number of hydrogen-bond donors (Lipinski definition) is 4. The van der Waals surface area contributed by atoms with Gasteiger partial charge in [0.2, 0.25) is 11.9 Å². The number of hydrogen-bond acceptors (Lipinski definition) is 15. The quantitative estimate of drug-likeness (QED) is 0.0840. The van der Waals surface area contributed by atoms with Crippen LogP contribution < -0.4 is 15.6 Å². The Hall–Kier alpha value is -8.74. The molecule has 1 atom stereocenters. The van der Waals surface area contributed by atoms with E-state index in [0.717, 1.165) is 16.5 Å². The van der Waals surface area contributed by atoms with Crippen LogP contribution >= 0.6 is 0 Å². The number of rotatable bonds is 12. The number of esters is 1. The van der Waals surface area contributed by atoms with Gasteiger partial charge in [-0.15, -0.1) is 10.2 Å². The van der Waals surface area contributed by atoms with Crippen molar-refractivity contribution in [1.29, 1.82) is 0 Å². The number of aryl methyl sites for hydroxylation is 1. The van der Waals surface area contributed by atoms with E-state index in [9.17, 15) is 39.3 Å². The zero-order valence-corrected chi connectivity index (χ0v) is 41.3. The molecule has 74 heavy (non-hydrogen) atoms. The van der Waals surface area contributed by atoms with Crippen LogP contribution in [0.2, 0.25) is 0 Å². The first-order chi connectivity index (χ1) is 35.6. The summed E-state index contributed by atoms with van der Waals surface area (Å²) in [7, 11) is 0. The molecule has 0 bridgehead atoms. The summed E-state index contributed by atoms with van der Waals surface area (Å²) in [4.78, 5) is 74.3. The fourth-order valence-electron chi connectivity index (χ4n) is 10.1. The molecule has 6 heterocycles. The number of cyclic esters (lactones) is 1. The molecule has 19 nitrogen and oxygen atoms in total. The second-order valence-corrected chi connectivity index (χ2v) is 18.9. The largest absolute Gasteiger partial charge is 0.510 e. The van der Waals surface area contributed by atoms with Crippen LogP contribution in [-0.2, 0) is 38.6 Å². The number of ether oxygens (including phenoxy) is 4. The molecule has 4 aromatic carbocycles. The van der Waals surface area contributed by atoms with Gasteiger partial charge in [-0.05, 0) is 116 Å². The third-order valence-corrected chi connectivity index (χ3v) is 14.2. The summed E-state index contributed by atoms with van der Waals surface area (Å²) in [6, 6.07) is 23.0. The number of likely N-dealkylation sites (tertiary alicyclic amines) is 1. The number of phenols is 3. The van der Waals surface area contributed by atoms with E-state index >= 15 is 0 Å². The molecule has 0 radical (unpaired) electrons. The first kappa shape index (κ1) is 48.9. The minimum absolute atomic E-state index is 0.00892. The third-order valence-electron chi connectivity index (χ3n) is 14.2. The molecule has 0 spiro atoms. The van der Waals surface area contributed by atoms with Crippen molar-refractivity contribution in [2.45, 2.75) is 91.1 Å². The first-order valence-corrected chi connectivity index (χ1v) is 24.6. The lowest BCUT2D eigenvalue weighted by atomic mass is 9.88. The van der Waals surface area contributed by atoms with Gasteiger partial charge in [-0.25, -0.2) is 14.6 Å². The number of fused-ring (bicyclic) bond motifs is 5. The maximum absolute atomic E-state index is 14.0. The maximum atomic E-state index is 14.0. The molecule has 3 aromatic heterocycles. The highest BCUT2D eigenvalue weighted by molar-refractivity contribution is 5.95. The standard InChI is InChI=1S/C55H53N7O12/c1-6-35-37-23-32(63)13-18-42(37)57-46-40(35)27-61-43(46)25-38-41(52(61)68)28-71-53(69)47(38)73-54(70)74-55(7-2)19-21-60(22-20-55)51(67)30-9-14-33(15-10-30)72-34-16-11-31(12-17-34)62-48(58-59-49(62)50(66)56-8-3)39-24-36(29(4)5)44(64)26-45(39)65/h9-18,23-26,29,47,63-65H,6-8,19-22,27-28H2,1-5H3,(H,56,66). The molecule has 3 aliphatic heterocycles. The van der Waals surface area contributed by atoms with Crippen LogP contribution in [-0.4, -0.2) is 93.7 Å². The van der Waals surface area contributed by atoms with E-state index in [1.807, 2.05) is 27.7 Å². The lowest BCUT2D eigenvalue weighted by Gasteiger charge is -2.40. The number of carbonyl (C=O) groups is 4. The average molecular weight is 1000 g/mol. The van der Waals surface area contributed by atoms with Crippen LogP contribution in [0.15, 0.2) is 89.7 Å². The van der Waals surface area contributed by atoms with E-state index in [1.54, 1.807) is 95.3 Å². The van der Waals surface area contributed by atoms with Crippen LogP contribution in [0, 0.1) is 0 Å². The first-order valence-electron chi connectivity index (χ1n) is 24.6. The number of benzene rings is 4. The summed E-state index contributed by atoms with van der Waals surface area (Å²) in [6.45, 7) is 10.3. The van der Waals surface area contributed by atoms with E-state index in [-0.39, 0.29) is 89.2 Å². The van der Waals surface area contributed by atoms with Crippen molar-refractivity contribution in [3.63, 3.8) is 0 Å². The summed E-state index contributed by atoms with van der Waals surface area (Å²) in [5.74, 6) is -0.712. The van der Waals surface area contributed by atoms with E-state index in [4.69, 9.17) is 23.9 Å². The van der Waals surface area contributed by atoms with Crippen molar-refractivity contribution in [1.82, 2.24) is 34.5 Å². The van der Waals surface area contributed by atoms with Crippen molar-refractivity contribution in [2.24, 2.45) is 0 Å². The summed E-state index contributed by atoms with van der Waals surface area (Å²) < 4.78 is 26.3. The van der Waals surface area contributed by atoms with Crippen LogP contribution in [0.25, 0.3) is 39.4 Å². The van der Waals surface area contributed by atoms with E-state index < -0.39 is 29.7 Å². The Labute approximate surface area is 423 Å². The van der Waals surface area contributed by atoms with Gasteiger partial charge < -0.3 is 49.1 Å². The number of nitrogens with zero attached hydrogens (tertiary/aromatic N) is 6. The summed E-state index contributed by atoms with van der Waals surface area (Å²) >= 11 is 0. The van der Waals surface area contributed by atoms with Crippen LogP contribution in [0.5, 0.6) is 28.7 Å². The van der Waals surface area contributed by atoms with Crippen molar-refractivity contribution in [3.8, 4) is 57.2 Å². The van der Waals surface area contributed by atoms with Gasteiger partial charge in [0.25, 0.3) is 17.4 Å². The fraction of sp³-hybridized carbons (Fsp3) is 0.309. The Kier molecular flexibility index (Phi) is 12.8. The Morgan fingerprint density at radius 3 is 2.26 bits per heavy atom. The molecule has 3 aliphatic rings. The number of amides is 2. The fourth-order valence-corrected chi connectivity index (χ4v) is 10.1. The number of aromatic hydroxyl groups is 3. The second kappa shape index (κ2) is 19.4. The Morgan fingerprint density at radius 2 is 1.58 bits per heavy atom.